The maximum absolute atomic E-state index is 2.85. The first-order valence-corrected chi connectivity index (χ1v) is 27.5. The van der Waals surface area contributed by atoms with Crippen molar-refractivity contribution in [3.63, 3.8) is 0 Å². The molecule has 368 valence electrons. The molecule has 1 fully saturated rings. The third-order valence-electron chi connectivity index (χ3n) is 17.9. The van der Waals surface area contributed by atoms with Crippen molar-refractivity contribution in [1.29, 1.82) is 0 Å². The van der Waals surface area contributed by atoms with Crippen LogP contribution >= 0.6 is 0 Å². The average molecular weight is 989 g/mol. The Morgan fingerprint density at radius 1 is 0.416 bits per heavy atom. The highest BCUT2D eigenvalue weighted by Gasteiger charge is 2.61. The van der Waals surface area contributed by atoms with Gasteiger partial charge in [-0.1, -0.05) is 202 Å². The van der Waals surface area contributed by atoms with E-state index in [0.717, 1.165) is 52.7 Å². The van der Waals surface area contributed by atoms with Gasteiger partial charge in [0.05, 0.1) is 16.9 Å². The van der Waals surface area contributed by atoms with Crippen LogP contribution in [0.5, 0.6) is 0 Å². The first kappa shape index (κ1) is 45.3. The van der Waals surface area contributed by atoms with Crippen molar-refractivity contribution >= 4 is 96.4 Å². The highest BCUT2D eigenvalue weighted by atomic mass is 15.3. The zero-order valence-electron chi connectivity index (χ0n) is 43.5. The molecule has 3 heterocycles. The Bertz CT molecular complexity index is 4060. The highest BCUT2D eigenvalue weighted by Crippen LogP contribution is 2.62. The number of hydrogen-bond acceptors (Lipinski definition) is 4. The van der Waals surface area contributed by atoms with Crippen LogP contribution in [0.1, 0.15) is 45.1 Å². The van der Waals surface area contributed by atoms with Crippen molar-refractivity contribution in [3.05, 3.63) is 266 Å². The third kappa shape index (κ3) is 6.92. The van der Waals surface area contributed by atoms with E-state index in [4.69, 9.17) is 0 Å². The fraction of sp³-hybridized carbons (Fsp3) is 0.111. The first-order chi connectivity index (χ1) is 38.0. The van der Waals surface area contributed by atoms with Crippen LogP contribution in [-0.4, -0.2) is 12.3 Å². The van der Waals surface area contributed by atoms with Crippen LogP contribution in [0, 0.1) is 0 Å². The highest BCUT2D eigenvalue weighted by molar-refractivity contribution is 7.00. The largest absolute Gasteiger partial charge is 0.335 e. The monoisotopic (exact) mass is 988 g/mol. The summed E-state index contributed by atoms with van der Waals surface area (Å²) >= 11 is 0. The van der Waals surface area contributed by atoms with Crippen LogP contribution in [0.4, 0.5) is 62.6 Å². The molecule has 15 rings (SSSR count). The van der Waals surface area contributed by atoms with Crippen LogP contribution in [0.2, 0.25) is 0 Å². The van der Waals surface area contributed by atoms with Gasteiger partial charge in [0.2, 0.25) is 0 Å². The van der Waals surface area contributed by atoms with E-state index in [1.54, 1.807) is 0 Å². The summed E-state index contributed by atoms with van der Waals surface area (Å²) in [5.74, 6) is 0. The second-order valence-corrected chi connectivity index (χ2v) is 21.9. The summed E-state index contributed by atoms with van der Waals surface area (Å²) < 4.78 is 0. The van der Waals surface area contributed by atoms with Crippen molar-refractivity contribution in [2.75, 3.05) is 19.6 Å². The molecule has 2 atom stereocenters. The molecule has 77 heavy (non-hydrogen) atoms. The zero-order chi connectivity index (χ0) is 51.2. The van der Waals surface area contributed by atoms with Gasteiger partial charge < -0.3 is 19.6 Å². The zero-order valence-corrected chi connectivity index (χ0v) is 43.5. The van der Waals surface area contributed by atoms with Crippen LogP contribution < -0.4 is 36.0 Å². The summed E-state index contributed by atoms with van der Waals surface area (Å²) in [5, 5.41) is 2.49. The molecule has 4 aliphatic rings. The Hall–Kier alpha value is -9.06. The van der Waals surface area contributed by atoms with Gasteiger partial charge in [-0.3, -0.25) is 0 Å². The predicted molar refractivity (Wildman–Crippen MR) is 326 cm³/mol. The molecule has 2 unspecified atom stereocenters. The molecular weight excluding hydrogens is 932 g/mol. The van der Waals surface area contributed by atoms with Gasteiger partial charge in [-0.2, -0.15) is 0 Å². The minimum atomic E-state index is -0.140. The van der Waals surface area contributed by atoms with Gasteiger partial charge in [0, 0.05) is 62.2 Å². The minimum Gasteiger partial charge on any atom is -0.335 e. The summed E-state index contributed by atoms with van der Waals surface area (Å²) in [4.78, 5) is 10.4. The molecule has 11 aromatic carbocycles. The molecule has 0 N–H and O–H groups in total. The predicted octanol–water partition coefficient (Wildman–Crippen LogP) is 17.5. The Kier molecular flexibility index (Phi) is 10.5. The lowest BCUT2D eigenvalue weighted by atomic mass is 9.33. The van der Waals surface area contributed by atoms with Crippen LogP contribution in [0.25, 0.3) is 33.0 Å². The molecule has 4 nitrogen and oxygen atoms in total. The minimum absolute atomic E-state index is 0.0155. The molecule has 0 amide bonds. The van der Waals surface area contributed by atoms with E-state index in [0.29, 0.717) is 0 Å². The molecule has 11 aromatic rings. The third-order valence-corrected chi connectivity index (χ3v) is 17.9. The van der Waals surface area contributed by atoms with E-state index in [-0.39, 0.29) is 17.7 Å². The number of para-hydroxylation sites is 5. The summed E-state index contributed by atoms with van der Waals surface area (Å²) in [6, 6.07) is 97.0. The summed E-state index contributed by atoms with van der Waals surface area (Å²) in [6.45, 7) is 5.15. The van der Waals surface area contributed by atoms with Crippen molar-refractivity contribution in [2.45, 2.75) is 50.5 Å². The number of rotatable bonds is 9. The maximum atomic E-state index is 2.85. The van der Waals surface area contributed by atoms with Crippen molar-refractivity contribution < 1.29 is 0 Å². The number of anilines is 11. The van der Waals surface area contributed by atoms with E-state index in [2.05, 4.69) is 294 Å². The van der Waals surface area contributed by atoms with Gasteiger partial charge in [-0.25, -0.2) is 0 Å². The Morgan fingerprint density at radius 2 is 1.00 bits per heavy atom. The van der Waals surface area contributed by atoms with Crippen molar-refractivity contribution in [1.82, 2.24) is 0 Å². The van der Waals surface area contributed by atoms with E-state index in [9.17, 15) is 0 Å². The average Bonchev–Trinajstić information content (AvgIpc) is 3.17. The van der Waals surface area contributed by atoms with Gasteiger partial charge in [-0.15, -0.1) is 0 Å². The second-order valence-electron chi connectivity index (χ2n) is 21.9. The van der Waals surface area contributed by atoms with Crippen molar-refractivity contribution in [2.24, 2.45) is 0 Å². The maximum Gasteiger partial charge on any atom is 0.252 e. The van der Waals surface area contributed by atoms with E-state index < -0.39 is 0 Å². The Morgan fingerprint density at radius 3 is 1.81 bits per heavy atom. The van der Waals surface area contributed by atoms with E-state index in [1.165, 1.54) is 90.6 Å². The second kappa shape index (κ2) is 17.8. The van der Waals surface area contributed by atoms with E-state index >= 15 is 0 Å². The number of benzene rings is 11. The molecular formula is C72H57BN4. The van der Waals surface area contributed by atoms with Gasteiger partial charge in [0.1, 0.15) is 0 Å². The first-order valence-electron chi connectivity index (χ1n) is 27.5. The van der Waals surface area contributed by atoms with Gasteiger partial charge >= 0.3 is 0 Å². The molecule has 0 bridgehead atoms. The SMILES string of the molecule is CC12CCCCC1(C)N1c3cc(N(c4ccccc4)c4ccccc4-c4ccccc4)cc4c3B(c3ccc(N(c5ccccc5)c5cccc(-c6cccc7ccccc67)c5)cc3N4c3ccccc3)c3cccc2c31. The lowest BCUT2D eigenvalue weighted by molar-refractivity contribution is 0.195. The molecule has 5 heteroatoms. The fourth-order valence-corrected chi connectivity index (χ4v) is 14.2. The molecule has 0 aromatic heterocycles. The Labute approximate surface area is 452 Å². The number of hydrogen-bond donors (Lipinski definition) is 0. The summed E-state index contributed by atoms with van der Waals surface area (Å²) in [6.07, 6.45) is 4.73. The lowest BCUT2D eigenvalue weighted by Gasteiger charge is -2.53. The normalized spacial score (nSPS) is 17.6. The summed E-state index contributed by atoms with van der Waals surface area (Å²) in [7, 11) is 0. The molecule has 1 saturated carbocycles. The quantitative estimate of drug-likeness (QED) is 0.134. The van der Waals surface area contributed by atoms with E-state index in [1.807, 2.05) is 0 Å². The van der Waals surface area contributed by atoms with Crippen molar-refractivity contribution in [3.8, 4) is 22.3 Å². The topological polar surface area (TPSA) is 13.0 Å². The molecule has 3 aliphatic heterocycles. The molecule has 0 spiro atoms. The van der Waals surface area contributed by atoms with Crippen LogP contribution in [0.15, 0.2) is 261 Å². The van der Waals surface area contributed by atoms with Gasteiger partial charge in [0.15, 0.2) is 0 Å². The number of fused-ring (bicyclic) bond motifs is 8. The standard InChI is InChI=1S/C72H57BN4/c1-71-44-19-20-45-72(71,2)77-68-49-58(75(54-31-11-5-12-32-54)65-41-18-17-37-61(65)51-24-7-3-8-25-51)48-67-69(68)73(64-40-23-39-62(71)70(64)77)63-43-42-57(47-66(63)76(67)55-33-13-6-14-34-55)74(53-29-9-4-10-30-53)56-35-21-28-52(46-56)60-38-22-27-50-26-15-16-36-59(50)60/h3-18,21-43,46-49H,19-20,44-45H2,1-2H3. The van der Waals surface area contributed by atoms with Gasteiger partial charge in [0.25, 0.3) is 6.71 Å². The molecule has 1 aliphatic carbocycles. The Balaban J connectivity index is 1.01. The number of nitrogens with zero attached hydrogens (tertiary/aromatic N) is 4. The molecule has 0 radical (unpaired) electrons. The summed E-state index contributed by atoms with van der Waals surface area (Å²) in [5.41, 5.74) is 23.1. The fourth-order valence-electron chi connectivity index (χ4n) is 14.2. The lowest BCUT2D eigenvalue weighted by Crippen LogP contribution is -2.64. The van der Waals surface area contributed by atoms with Crippen LogP contribution in [0.3, 0.4) is 0 Å². The van der Waals surface area contributed by atoms with Gasteiger partial charge in [-0.05, 0) is 148 Å². The van der Waals surface area contributed by atoms with Crippen LogP contribution in [-0.2, 0) is 5.41 Å². The smallest absolute Gasteiger partial charge is 0.252 e. The molecule has 0 saturated heterocycles.